The first-order chi connectivity index (χ1) is 7.56. The van der Waals surface area contributed by atoms with E-state index in [4.69, 9.17) is 11.5 Å². The Bertz CT molecular complexity index is 542. The first-order valence-electron chi connectivity index (χ1n) is 5.11. The highest BCUT2D eigenvalue weighted by Crippen LogP contribution is 2.24. The molecular weight excluding hydrogens is 220 g/mol. The molecule has 2 rings (SSSR count). The highest BCUT2D eigenvalue weighted by molar-refractivity contribution is 7.22. The third-order valence-corrected chi connectivity index (χ3v) is 3.01. The first kappa shape index (κ1) is 10.9. The van der Waals surface area contributed by atoms with Crippen molar-refractivity contribution in [2.75, 3.05) is 5.73 Å². The van der Waals surface area contributed by atoms with Crippen LogP contribution in [0.1, 0.15) is 19.4 Å². The Labute approximate surface area is 98.0 Å². The Balaban J connectivity index is 2.46. The number of anilines is 1. The lowest BCUT2D eigenvalue weighted by Crippen LogP contribution is -2.80. The second-order valence-corrected chi connectivity index (χ2v) is 5.01. The standard InChI is InChI=1S/C11H14N4S/c1-6(2)14-10(12)7-3-4-8-9(5-7)16-11(13)15-8/h3-6H,1-2H3,(H2,12,14)(H2,13,15)/p+1. The fourth-order valence-corrected chi connectivity index (χ4v) is 2.28. The lowest BCUT2D eigenvalue weighted by molar-refractivity contribution is -0.493. The smallest absolute Gasteiger partial charge is 0.273 e. The molecule has 0 bridgehead atoms. The third-order valence-electron chi connectivity index (χ3n) is 2.16. The van der Waals surface area contributed by atoms with E-state index in [1.54, 1.807) is 0 Å². The van der Waals surface area contributed by atoms with E-state index in [9.17, 15) is 0 Å². The zero-order chi connectivity index (χ0) is 11.7. The molecule has 5 heteroatoms. The number of nitrogens with zero attached hydrogens (tertiary/aromatic N) is 1. The number of aromatic nitrogens is 1. The molecule has 0 atom stereocenters. The van der Waals surface area contributed by atoms with Crippen LogP contribution >= 0.6 is 11.3 Å². The molecule has 0 saturated heterocycles. The fourth-order valence-electron chi connectivity index (χ4n) is 1.50. The molecule has 2 aromatic rings. The summed E-state index contributed by atoms with van der Waals surface area (Å²) >= 11 is 1.47. The molecule has 0 radical (unpaired) electrons. The van der Waals surface area contributed by atoms with Crippen molar-refractivity contribution in [3.8, 4) is 0 Å². The summed E-state index contributed by atoms with van der Waals surface area (Å²) in [6.07, 6.45) is 0. The van der Waals surface area contributed by atoms with Crippen molar-refractivity contribution < 1.29 is 4.99 Å². The number of amidine groups is 1. The van der Waals surface area contributed by atoms with E-state index in [2.05, 4.69) is 23.8 Å². The molecule has 0 fully saturated rings. The van der Waals surface area contributed by atoms with Crippen LogP contribution in [-0.2, 0) is 0 Å². The van der Waals surface area contributed by atoms with E-state index in [0.29, 0.717) is 17.0 Å². The van der Waals surface area contributed by atoms with Crippen molar-refractivity contribution >= 4 is 32.5 Å². The van der Waals surface area contributed by atoms with E-state index in [1.165, 1.54) is 11.3 Å². The maximum Gasteiger partial charge on any atom is 0.273 e. The molecule has 0 aliphatic heterocycles. The summed E-state index contributed by atoms with van der Waals surface area (Å²) in [5.74, 6) is 0.684. The van der Waals surface area contributed by atoms with Crippen molar-refractivity contribution in [3.05, 3.63) is 23.8 Å². The Morgan fingerprint density at radius 2 is 2.19 bits per heavy atom. The van der Waals surface area contributed by atoms with Gasteiger partial charge in [-0.2, -0.15) is 0 Å². The number of rotatable bonds is 2. The van der Waals surface area contributed by atoms with Crippen molar-refractivity contribution in [1.29, 1.82) is 0 Å². The molecule has 0 unspecified atom stereocenters. The summed E-state index contributed by atoms with van der Waals surface area (Å²) < 4.78 is 1.06. The highest BCUT2D eigenvalue weighted by Gasteiger charge is 2.08. The summed E-state index contributed by atoms with van der Waals surface area (Å²) in [5, 5.41) is 0.586. The molecule has 5 N–H and O–H groups in total. The Hall–Kier alpha value is -1.62. The molecule has 16 heavy (non-hydrogen) atoms. The summed E-state index contributed by atoms with van der Waals surface area (Å²) in [4.78, 5) is 7.38. The largest absolute Gasteiger partial charge is 0.375 e. The van der Waals surface area contributed by atoms with Gasteiger partial charge in [0.25, 0.3) is 5.84 Å². The molecule has 1 aromatic heterocycles. The number of nitrogens with one attached hydrogen (secondary N) is 1. The van der Waals surface area contributed by atoms with Crippen LogP contribution in [0.2, 0.25) is 0 Å². The molecule has 1 heterocycles. The SMILES string of the molecule is CC(C)[NH+]=C(N)c1ccc2nc(N)sc2c1. The third kappa shape index (κ3) is 2.14. The number of fused-ring (bicyclic) bond motifs is 1. The number of hydrogen-bond donors (Lipinski definition) is 3. The van der Waals surface area contributed by atoms with E-state index >= 15 is 0 Å². The predicted molar refractivity (Wildman–Crippen MR) is 68.4 cm³/mol. The van der Waals surface area contributed by atoms with Gasteiger partial charge in [0.1, 0.15) is 0 Å². The molecule has 1 aromatic carbocycles. The summed E-state index contributed by atoms with van der Waals surface area (Å²) in [7, 11) is 0. The molecule has 0 spiro atoms. The van der Waals surface area contributed by atoms with Gasteiger partial charge in [0, 0.05) is 0 Å². The monoisotopic (exact) mass is 235 g/mol. The molecule has 84 valence electrons. The van der Waals surface area contributed by atoms with Gasteiger partial charge in [0.15, 0.2) is 5.13 Å². The Morgan fingerprint density at radius 1 is 1.44 bits per heavy atom. The van der Waals surface area contributed by atoms with Gasteiger partial charge in [-0.15, -0.1) is 0 Å². The number of nitrogens with two attached hydrogens (primary N) is 2. The second kappa shape index (κ2) is 4.09. The van der Waals surface area contributed by atoms with Gasteiger partial charge in [0.2, 0.25) is 0 Å². The predicted octanol–water partition coefficient (Wildman–Crippen LogP) is 0.0728. The normalized spacial score (nSPS) is 12.6. The quantitative estimate of drug-likeness (QED) is 0.509. The van der Waals surface area contributed by atoms with Crippen LogP contribution in [0, 0.1) is 0 Å². The number of benzene rings is 1. The van der Waals surface area contributed by atoms with Gasteiger partial charge >= 0.3 is 0 Å². The zero-order valence-corrected chi connectivity index (χ0v) is 10.1. The molecular formula is C11H15N4S+. The average Bonchev–Trinajstić information content (AvgIpc) is 2.55. The number of thiazole rings is 1. The molecule has 0 saturated carbocycles. The highest BCUT2D eigenvalue weighted by atomic mass is 32.1. The number of nitrogen functional groups attached to an aromatic ring is 2. The zero-order valence-electron chi connectivity index (χ0n) is 9.32. The fraction of sp³-hybridized carbons (Fsp3) is 0.273. The Kier molecular flexibility index (Phi) is 2.78. The minimum Gasteiger partial charge on any atom is -0.375 e. The van der Waals surface area contributed by atoms with E-state index in [0.717, 1.165) is 15.8 Å². The van der Waals surface area contributed by atoms with Crippen LogP contribution in [0.3, 0.4) is 0 Å². The van der Waals surface area contributed by atoms with Crippen LogP contribution in [0.15, 0.2) is 18.2 Å². The topological polar surface area (TPSA) is 78.9 Å². The van der Waals surface area contributed by atoms with E-state index < -0.39 is 0 Å². The molecule has 0 aliphatic carbocycles. The van der Waals surface area contributed by atoms with Crippen molar-refractivity contribution in [2.24, 2.45) is 5.73 Å². The van der Waals surface area contributed by atoms with Crippen molar-refractivity contribution in [3.63, 3.8) is 0 Å². The lowest BCUT2D eigenvalue weighted by atomic mass is 10.2. The summed E-state index contributed by atoms with van der Waals surface area (Å²) in [6.45, 7) is 4.10. The summed E-state index contributed by atoms with van der Waals surface area (Å²) in [5.41, 5.74) is 13.5. The van der Waals surface area contributed by atoms with Gasteiger partial charge in [-0.1, -0.05) is 11.3 Å². The van der Waals surface area contributed by atoms with Crippen LogP contribution < -0.4 is 16.5 Å². The molecule has 4 nitrogen and oxygen atoms in total. The van der Waals surface area contributed by atoms with Gasteiger partial charge in [0.05, 0.1) is 21.8 Å². The average molecular weight is 235 g/mol. The lowest BCUT2D eigenvalue weighted by Gasteiger charge is -1.98. The van der Waals surface area contributed by atoms with Gasteiger partial charge in [-0.25, -0.2) is 4.98 Å². The van der Waals surface area contributed by atoms with Crippen LogP contribution in [-0.4, -0.2) is 16.9 Å². The minimum atomic E-state index is 0.322. The van der Waals surface area contributed by atoms with Crippen LogP contribution in [0.5, 0.6) is 0 Å². The van der Waals surface area contributed by atoms with E-state index in [-0.39, 0.29) is 0 Å². The minimum absolute atomic E-state index is 0.322. The van der Waals surface area contributed by atoms with Gasteiger partial charge in [-0.3, -0.25) is 10.7 Å². The number of hydrogen-bond acceptors (Lipinski definition) is 3. The van der Waals surface area contributed by atoms with Gasteiger partial charge in [-0.05, 0) is 32.0 Å². The van der Waals surface area contributed by atoms with E-state index in [1.807, 2.05) is 18.2 Å². The van der Waals surface area contributed by atoms with Crippen molar-refractivity contribution in [2.45, 2.75) is 19.9 Å². The second-order valence-electron chi connectivity index (χ2n) is 3.95. The maximum atomic E-state index is 5.95. The first-order valence-corrected chi connectivity index (χ1v) is 5.93. The van der Waals surface area contributed by atoms with Gasteiger partial charge < -0.3 is 5.73 Å². The summed E-state index contributed by atoms with van der Waals surface area (Å²) in [6, 6.07) is 6.22. The van der Waals surface area contributed by atoms with Crippen molar-refractivity contribution in [1.82, 2.24) is 4.98 Å². The van der Waals surface area contributed by atoms with Crippen LogP contribution in [0.25, 0.3) is 10.2 Å². The maximum absolute atomic E-state index is 5.95. The molecule has 0 aliphatic rings. The van der Waals surface area contributed by atoms with Crippen LogP contribution in [0.4, 0.5) is 5.13 Å². The molecule has 0 amide bonds. The Morgan fingerprint density at radius 3 is 2.88 bits per heavy atom.